The van der Waals surface area contributed by atoms with Gasteiger partial charge in [0.2, 0.25) is 0 Å². The molecule has 2 nitrogen and oxygen atoms in total. The zero-order valence-corrected chi connectivity index (χ0v) is 10.6. The SMILES string of the molecule is CCCc1cc(C(=O)OC(C)C)sc1C. The Morgan fingerprint density at radius 2 is 2.20 bits per heavy atom. The lowest BCUT2D eigenvalue weighted by Crippen LogP contribution is -2.10. The van der Waals surface area contributed by atoms with E-state index in [4.69, 9.17) is 4.74 Å². The van der Waals surface area contributed by atoms with Gasteiger partial charge in [0.15, 0.2) is 0 Å². The first kappa shape index (κ1) is 12.2. The van der Waals surface area contributed by atoms with Crippen LogP contribution in [0, 0.1) is 6.92 Å². The Kier molecular flexibility index (Phi) is 4.33. The topological polar surface area (TPSA) is 26.3 Å². The summed E-state index contributed by atoms with van der Waals surface area (Å²) in [5.41, 5.74) is 1.28. The Hall–Kier alpha value is -0.830. The van der Waals surface area contributed by atoms with E-state index in [1.54, 1.807) is 0 Å². The number of hydrogen-bond acceptors (Lipinski definition) is 3. The molecule has 0 aliphatic rings. The molecule has 1 aromatic heterocycles. The summed E-state index contributed by atoms with van der Waals surface area (Å²) >= 11 is 1.53. The summed E-state index contributed by atoms with van der Waals surface area (Å²) < 4.78 is 5.15. The number of ether oxygens (including phenoxy) is 1. The van der Waals surface area contributed by atoms with Crippen molar-refractivity contribution in [3.63, 3.8) is 0 Å². The minimum atomic E-state index is -0.194. The van der Waals surface area contributed by atoms with Crippen LogP contribution in [0.5, 0.6) is 0 Å². The molecule has 0 radical (unpaired) electrons. The number of carbonyl (C=O) groups excluding carboxylic acids is 1. The van der Waals surface area contributed by atoms with Crippen molar-refractivity contribution in [3.8, 4) is 0 Å². The van der Waals surface area contributed by atoms with Gasteiger partial charge >= 0.3 is 5.97 Å². The number of aryl methyl sites for hydroxylation is 2. The van der Waals surface area contributed by atoms with Crippen LogP contribution in [0.2, 0.25) is 0 Å². The molecule has 0 saturated heterocycles. The third kappa shape index (κ3) is 3.34. The van der Waals surface area contributed by atoms with E-state index in [1.165, 1.54) is 21.8 Å². The zero-order valence-electron chi connectivity index (χ0n) is 9.79. The molecule has 1 aromatic rings. The molecule has 0 unspecified atom stereocenters. The second-order valence-electron chi connectivity index (χ2n) is 3.90. The van der Waals surface area contributed by atoms with Crippen LogP contribution >= 0.6 is 11.3 Å². The van der Waals surface area contributed by atoms with E-state index >= 15 is 0 Å². The second kappa shape index (κ2) is 5.31. The maximum Gasteiger partial charge on any atom is 0.348 e. The lowest BCUT2D eigenvalue weighted by Gasteiger charge is -2.05. The Bertz CT molecular complexity index is 339. The fourth-order valence-corrected chi connectivity index (χ4v) is 2.36. The van der Waals surface area contributed by atoms with Gasteiger partial charge in [0.05, 0.1) is 6.10 Å². The fraction of sp³-hybridized carbons (Fsp3) is 0.583. The number of hydrogen-bond donors (Lipinski definition) is 0. The van der Waals surface area contributed by atoms with Gasteiger partial charge in [-0.1, -0.05) is 13.3 Å². The van der Waals surface area contributed by atoms with E-state index in [9.17, 15) is 4.79 Å². The van der Waals surface area contributed by atoms with Crippen LogP contribution in [0.4, 0.5) is 0 Å². The molecule has 0 spiro atoms. The lowest BCUT2D eigenvalue weighted by atomic mass is 10.1. The number of thiophene rings is 1. The van der Waals surface area contributed by atoms with E-state index in [-0.39, 0.29) is 12.1 Å². The molecule has 15 heavy (non-hydrogen) atoms. The van der Waals surface area contributed by atoms with Gasteiger partial charge in [-0.25, -0.2) is 4.79 Å². The predicted molar refractivity (Wildman–Crippen MR) is 63.6 cm³/mol. The minimum Gasteiger partial charge on any atom is -0.459 e. The Labute approximate surface area is 95.3 Å². The lowest BCUT2D eigenvalue weighted by molar-refractivity contribution is 0.0384. The molecule has 1 heterocycles. The molecule has 0 atom stereocenters. The number of carbonyl (C=O) groups is 1. The highest BCUT2D eigenvalue weighted by molar-refractivity contribution is 7.14. The average Bonchev–Trinajstić information content (AvgIpc) is 2.47. The normalized spacial score (nSPS) is 10.7. The van der Waals surface area contributed by atoms with Gasteiger partial charge in [-0.3, -0.25) is 0 Å². The molecule has 0 amide bonds. The first-order valence-electron chi connectivity index (χ1n) is 5.34. The van der Waals surface area contributed by atoms with Crippen molar-refractivity contribution in [2.45, 2.75) is 46.6 Å². The summed E-state index contributed by atoms with van der Waals surface area (Å²) in [5, 5.41) is 0. The summed E-state index contributed by atoms with van der Waals surface area (Å²) in [6.07, 6.45) is 2.10. The summed E-state index contributed by atoms with van der Waals surface area (Å²) in [5.74, 6) is -0.194. The summed E-state index contributed by atoms with van der Waals surface area (Å²) in [6.45, 7) is 7.93. The second-order valence-corrected chi connectivity index (χ2v) is 5.15. The van der Waals surface area contributed by atoms with Gasteiger partial charge in [0.25, 0.3) is 0 Å². The van der Waals surface area contributed by atoms with Crippen molar-refractivity contribution in [1.82, 2.24) is 0 Å². The fourth-order valence-electron chi connectivity index (χ4n) is 1.41. The van der Waals surface area contributed by atoms with Gasteiger partial charge in [0, 0.05) is 4.88 Å². The van der Waals surface area contributed by atoms with Crippen molar-refractivity contribution < 1.29 is 9.53 Å². The van der Waals surface area contributed by atoms with Crippen molar-refractivity contribution >= 4 is 17.3 Å². The highest BCUT2D eigenvalue weighted by Crippen LogP contribution is 2.23. The van der Waals surface area contributed by atoms with Gasteiger partial charge in [-0.2, -0.15) is 0 Å². The molecule has 84 valence electrons. The molecular formula is C12H18O2S. The largest absolute Gasteiger partial charge is 0.459 e. The van der Waals surface area contributed by atoms with Gasteiger partial charge in [-0.15, -0.1) is 11.3 Å². The Balaban J connectivity index is 2.78. The standard InChI is InChI=1S/C12H18O2S/c1-5-6-10-7-11(15-9(10)4)12(13)14-8(2)3/h7-8H,5-6H2,1-4H3. The van der Waals surface area contributed by atoms with E-state index < -0.39 is 0 Å². The van der Waals surface area contributed by atoms with Crippen LogP contribution in [-0.4, -0.2) is 12.1 Å². The number of esters is 1. The molecule has 0 fully saturated rings. The molecule has 0 aliphatic heterocycles. The summed E-state index contributed by atoms with van der Waals surface area (Å²) in [6, 6.07) is 1.97. The molecule has 0 aromatic carbocycles. The maximum absolute atomic E-state index is 11.6. The van der Waals surface area contributed by atoms with E-state index in [1.807, 2.05) is 19.9 Å². The average molecular weight is 226 g/mol. The van der Waals surface area contributed by atoms with Crippen LogP contribution in [-0.2, 0) is 11.2 Å². The molecule has 0 saturated carbocycles. The predicted octanol–water partition coefficient (Wildman–Crippen LogP) is 3.57. The summed E-state index contributed by atoms with van der Waals surface area (Å²) in [4.78, 5) is 13.6. The highest BCUT2D eigenvalue weighted by atomic mass is 32.1. The first-order chi connectivity index (χ1) is 7.04. The third-order valence-corrected chi connectivity index (χ3v) is 3.16. The Morgan fingerprint density at radius 1 is 1.53 bits per heavy atom. The zero-order chi connectivity index (χ0) is 11.4. The maximum atomic E-state index is 11.6. The quantitative estimate of drug-likeness (QED) is 0.734. The van der Waals surface area contributed by atoms with Crippen molar-refractivity contribution in [2.24, 2.45) is 0 Å². The van der Waals surface area contributed by atoms with Crippen LogP contribution in [0.3, 0.4) is 0 Å². The smallest absolute Gasteiger partial charge is 0.348 e. The number of rotatable bonds is 4. The molecular weight excluding hydrogens is 208 g/mol. The van der Waals surface area contributed by atoms with Crippen LogP contribution in [0.15, 0.2) is 6.07 Å². The summed E-state index contributed by atoms with van der Waals surface area (Å²) in [7, 11) is 0. The minimum absolute atomic E-state index is 0.0467. The van der Waals surface area contributed by atoms with E-state index in [0.717, 1.165) is 17.7 Å². The molecule has 0 aliphatic carbocycles. The molecule has 1 rings (SSSR count). The van der Waals surface area contributed by atoms with Gasteiger partial charge < -0.3 is 4.74 Å². The molecule has 0 bridgehead atoms. The van der Waals surface area contributed by atoms with E-state index in [0.29, 0.717) is 0 Å². The van der Waals surface area contributed by atoms with Crippen molar-refractivity contribution in [3.05, 3.63) is 21.4 Å². The van der Waals surface area contributed by atoms with Crippen LogP contribution in [0.1, 0.15) is 47.3 Å². The monoisotopic (exact) mass is 226 g/mol. The molecule has 3 heteroatoms. The highest BCUT2D eigenvalue weighted by Gasteiger charge is 2.14. The van der Waals surface area contributed by atoms with E-state index in [2.05, 4.69) is 13.8 Å². The van der Waals surface area contributed by atoms with Crippen LogP contribution in [0.25, 0.3) is 0 Å². The van der Waals surface area contributed by atoms with Gasteiger partial charge in [0.1, 0.15) is 4.88 Å². The molecule has 0 N–H and O–H groups in total. The first-order valence-corrected chi connectivity index (χ1v) is 6.16. The van der Waals surface area contributed by atoms with Crippen molar-refractivity contribution in [1.29, 1.82) is 0 Å². The van der Waals surface area contributed by atoms with Crippen molar-refractivity contribution in [2.75, 3.05) is 0 Å². The van der Waals surface area contributed by atoms with Crippen LogP contribution < -0.4 is 0 Å². The third-order valence-electron chi connectivity index (χ3n) is 2.08. The Morgan fingerprint density at radius 3 is 2.73 bits per heavy atom. The van der Waals surface area contributed by atoms with Gasteiger partial charge in [-0.05, 0) is 38.8 Å².